The van der Waals surface area contributed by atoms with Crippen molar-refractivity contribution in [1.29, 1.82) is 0 Å². The molecule has 0 unspecified atom stereocenters. The highest BCUT2D eigenvalue weighted by Gasteiger charge is 2.02. The van der Waals surface area contributed by atoms with E-state index >= 15 is 0 Å². The van der Waals surface area contributed by atoms with Gasteiger partial charge in [0.05, 0.1) is 12.8 Å². The zero-order chi connectivity index (χ0) is 10.6. The summed E-state index contributed by atoms with van der Waals surface area (Å²) in [6.45, 7) is 3.35. The zero-order valence-corrected chi connectivity index (χ0v) is 7.91. The summed E-state index contributed by atoms with van der Waals surface area (Å²) in [4.78, 5) is 11.0. The van der Waals surface area contributed by atoms with Crippen molar-refractivity contribution >= 4 is 17.3 Å². The number of amides is 1. The Labute approximate surface area is 82.4 Å². The van der Waals surface area contributed by atoms with E-state index in [1.165, 1.54) is 13.2 Å². The molecule has 0 aromatic heterocycles. The Hall–Kier alpha value is -1.97. The summed E-state index contributed by atoms with van der Waals surface area (Å²) < 4.78 is 5.00. The van der Waals surface area contributed by atoms with E-state index in [1.54, 1.807) is 18.2 Å². The fourth-order valence-electron chi connectivity index (χ4n) is 0.982. The van der Waals surface area contributed by atoms with Crippen molar-refractivity contribution in [3.05, 3.63) is 30.9 Å². The second-order valence-corrected chi connectivity index (χ2v) is 2.65. The van der Waals surface area contributed by atoms with Crippen LogP contribution in [0.4, 0.5) is 11.4 Å². The Morgan fingerprint density at radius 1 is 1.64 bits per heavy atom. The third kappa shape index (κ3) is 2.26. The number of benzene rings is 1. The topological polar surface area (TPSA) is 64.4 Å². The number of nitrogens with one attached hydrogen (secondary N) is 1. The summed E-state index contributed by atoms with van der Waals surface area (Å²) in [6.07, 6.45) is 1.20. The van der Waals surface area contributed by atoms with Crippen LogP contribution < -0.4 is 15.8 Å². The molecule has 0 bridgehead atoms. The number of ether oxygens (including phenoxy) is 1. The fraction of sp³-hybridized carbons (Fsp3) is 0.100. The van der Waals surface area contributed by atoms with Gasteiger partial charge in [0.25, 0.3) is 0 Å². The van der Waals surface area contributed by atoms with Gasteiger partial charge in [0.1, 0.15) is 5.75 Å². The fourth-order valence-corrected chi connectivity index (χ4v) is 0.982. The van der Waals surface area contributed by atoms with E-state index < -0.39 is 0 Å². The second-order valence-electron chi connectivity index (χ2n) is 2.65. The highest BCUT2D eigenvalue weighted by Crippen LogP contribution is 2.24. The number of methoxy groups -OCH3 is 1. The molecule has 1 aromatic carbocycles. The van der Waals surface area contributed by atoms with E-state index in [4.69, 9.17) is 10.5 Å². The van der Waals surface area contributed by atoms with Crippen molar-refractivity contribution in [2.45, 2.75) is 0 Å². The van der Waals surface area contributed by atoms with E-state index in [1.807, 2.05) is 0 Å². The van der Waals surface area contributed by atoms with E-state index in [0.717, 1.165) is 0 Å². The molecule has 14 heavy (non-hydrogen) atoms. The third-order valence-corrected chi connectivity index (χ3v) is 1.69. The largest absolute Gasteiger partial charge is 0.495 e. The smallest absolute Gasteiger partial charge is 0.247 e. The minimum absolute atomic E-state index is 0.267. The van der Waals surface area contributed by atoms with Crippen LogP contribution in [-0.4, -0.2) is 13.0 Å². The number of anilines is 2. The van der Waals surface area contributed by atoms with Crippen LogP contribution in [-0.2, 0) is 4.79 Å². The van der Waals surface area contributed by atoms with Gasteiger partial charge < -0.3 is 15.8 Å². The van der Waals surface area contributed by atoms with Gasteiger partial charge >= 0.3 is 0 Å². The lowest BCUT2D eigenvalue weighted by atomic mass is 10.2. The molecule has 4 heteroatoms. The lowest BCUT2D eigenvalue weighted by molar-refractivity contribution is -0.111. The first kappa shape index (κ1) is 10.1. The molecule has 1 amide bonds. The molecule has 0 aliphatic heterocycles. The molecule has 1 rings (SSSR count). The summed E-state index contributed by atoms with van der Waals surface area (Å²) in [5.41, 5.74) is 6.76. The number of nitrogens with two attached hydrogens (primary N) is 1. The molecule has 0 spiro atoms. The first-order valence-corrected chi connectivity index (χ1v) is 4.04. The molecule has 0 aliphatic carbocycles. The van der Waals surface area contributed by atoms with E-state index in [0.29, 0.717) is 17.1 Å². The maximum atomic E-state index is 11.0. The minimum Gasteiger partial charge on any atom is -0.495 e. The summed E-state index contributed by atoms with van der Waals surface area (Å²) in [5.74, 6) is 0.267. The highest BCUT2D eigenvalue weighted by molar-refractivity contribution is 5.99. The SMILES string of the molecule is C=CC(=O)Nc1ccc(N)c(OC)c1. The van der Waals surface area contributed by atoms with Gasteiger partial charge in [-0.15, -0.1) is 0 Å². The summed E-state index contributed by atoms with van der Waals surface area (Å²) in [6, 6.07) is 5.01. The van der Waals surface area contributed by atoms with Crippen LogP contribution in [0.2, 0.25) is 0 Å². The molecule has 4 nitrogen and oxygen atoms in total. The maximum Gasteiger partial charge on any atom is 0.247 e. The predicted octanol–water partition coefficient (Wildman–Crippen LogP) is 1.40. The molecule has 74 valence electrons. The van der Waals surface area contributed by atoms with E-state index in [9.17, 15) is 4.79 Å². The Kier molecular flexibility index (Phi) is 3.12. The number of carbonyl (C=O) groups excluding carboxylic acids is 1. The van der Waals surface area contributed by atoms with Crippen LogP contribution in [0.15, 0.2) is 30.9 Å². The van der Waals surface area contributed by atoms with Gasteiger partial charge in [0.2, 0.25) is 5.91 Å². The van der Waals surface area contributed by atoms with Crippen molar-refractivity contribution in [3.63, 3.8) is 0 Å². The molecular weight excluding hydrogens is 180 g/mol. The molecule has 1 aromatic rings. The monoisotopic (exact) mass is 192 g/mol. The van der Waals surface area contributed by atoms with Crippen LogP contribution in [0.5, 0.6) is 5.75 Å². The van der Waals surface area contributed by atoms with Crippen molar-refractivity contribution in [1.82, 2.24) is 0 Å². The zero-order valence-electron chi connectivity index (χ0n) is 7.91. The molecule has 0 atom stereocenters. The molecule has 3 N–H and O–H groups in total. The number of carbonyl (C=O) groups is 1. The number of hydrogen-bond donors (Lipinski definition) is 2. The minimum atomic E-state index is -0.267. The summed E-state index contributed by atoms with van der Waals surface area (Å²) >= 11 is 0. The standard InChI is InChI=1S/C10H12N2O2/c1-3-10(13)12-7-4-5-8(11)9(6-7)14-2/h3-6H,1,11H2,2H3,(H,12,13). The van der Waals surface area contributed by atoms with Crippen molar-refractivity contribution in [3.8, 4) is 5.75 Å². The van der Waals surface area contributed by atoms with Gasteiger partial charge in [0, 0.05) is 11.8 Å². The Balaban J connectivity index is 2.89. The first-order chi connectivity index (χ1) is 6.67. The summed E-state index contributed by atoms with van der Waals surface area (Å²) in [7, 11) is 1.52. The second kappa shape index (κ2) is 4.32. The summed E-state index contributed by atoms with van der Waals surface area (Å²) in [5, 5.41) is 2.60. The molecule has 0 aliphatic rings. The molecule has 0 fully saturated rings. The molecule has 0 radical (unpaired) electrons. The van der Waals surface area contributed by atoms with Crippen molar-refractivity contribution in [2.75, 3.05) is 18.2 Å². The van der Waals surface area contributed by atoms with E-state index in [-0.39, 0.29) is 5.91 Å². The number of rotatable bonds is 3. The van der Waals surface area contributed by atoms with Gasteiger partial charge in [-0.05, 0) is 18.2 Å². The first-order valence-electron chi connectivity index (χ1n) is 4.04. The number of hydrogen-bond acceptors (Lipinski definition) is 3. The Bertz CT molecular complexity index is 361. The predicted molar refractivity (Wildman–Crippen MR) is 56.2 cm³/mol. The van der Waals surface area contributed by atoms with Gasteiger partial charge in [-0.25, -0.2) is 0 Å². The van der Waals surface area contributed by atoms with Gasteiger partial charge in [-0.1, -0.05) is 6.58 Å². The van der Waals surface area contributed by atoms with Crippen LogP contribution in [0, 0.1) is 0 Å². The lowest BCUT2D eigenvalue weighted by Crippen LogP contribution is -2.07. The third-order valence-electron chi connectivity index (χ3n) is 1.69. The molecule has 0 saturated carbocycles. The van der Waals surface area contributed by atoms with Crippen LogP contribution in [0.1, 0.15) is 0 Å². The van der Waals surface area contributed by atoms with Gasteiger partial charge in [-0.2, -0.15) is 0 Å². The van der Waals surface area contributed by atoms with Gasteiger partial charge in [-0.3, -0.25) is 4.79 Å². The average Bonchev–Trinajstić information content (AvgIpc) is 2.20. The number of nitrogen functional groups attached to an aromatic ring is 1. The normalized spacial score (nSPS) is 9.21. The van der Waals surface area contributed by atoms with Crippen molar-refractivity contribution in [2.24, 2.45) is 0 Å². The van der Waals surface area contributed by atoms with Crippen LogP contribution >= 0.6 is 0 Å². The average molecular weight is 192 g/mol. The van der Waals surface area contributed by atoms with Crippen LogP contribution in [0.25, 0.3) is 0 Å². The Morgan fingerprint density at radius 3 is 2.93 bits per heavy atom. The lowest BCUT2D eigenvalue weighted by Gasteiger charge is -2.07. The molecule has 0 heterocycles. The highest BCUT2D eigenvalue weighted by atomic mass is 16.5. The van der Waals surface area contributed by atoms with E-state index in [2.05, 4.69) is 11.9 Å². The maximum absolute atomic E-state index is 11.0. The Morgan fingerprint density at radius 2 is 2.36 bits per heavy atom. The van der Waals surface area contributed by atoms with Crippen molar-refractivity contribution < 1.29 is 9.53 Å². The van der Waals surface area contributed by atoms with Gasteiger partial charge in [0.15, 0.2) is 0 Å². The molecule has 0 saturated heterocycles. The molecular formula is C10H12N2O2. The quantitative estimate of drug-likeness (QED) is 0.562. The van der Waals surface area contributed by atoms with Crippen LogP contribution in [0.3, 0.4) is 0 Å².